The van der Waals surface area contributed by atoms with E-state index >= 15 is 0 Å². The SMILES string of the molecule is COCCCN(Cc1c(-c2ccccc2)noc1N1CCc2ccccc2C1)C(=O)C(C)C. The standard InChI is InChI=1S/C27H33N3O3/c1-20(2)26(31)29(15-9-17-32-3)19-24-25(22-11-5-4-6-12-22)28-33-27(24)30-16-14-21-10-7-8-13-23(21)18-30/h4-8,10-13,20H,9,14-19H2,1-3H3. The van der Waals surface area contributed by atoms with E-state index in [2.05, 4.69) is 34.3 Å². The first-order valence-corrected chi connectivity index (χ1v) is 11.7. The predicted octanol–water partition coefficient (Wildman–Crippen LogP) is 4.93. The van der Waals surface area contributed by atoms with Crippen LogP contribution >= 0.6 is 0 Å². The third-order valence-corrected chi connectivity index (χ3v) is 6.16. The van der Waals surface area contributed by atoms with Gasteiger partial charge in [0, 0.05) is 44.8 Å². The number of nitrogens with zero attached hydrogens (tertiary/aromatic N) is 3. The van der Waals surface area contributed by atoms with Gasteiger partial charge in [-0.05, 0) is 24.0 Å². The molecule has 0 bridgehead atoms. The van der Waals surface area contributed by atoms with Crippen molar-refractivity contribution >= 4 is 11.8 Å². The fraction of sp³-hybridized carbons (Fsp3) is 0.407. The third kappa shape index (κ3) is 5.28. The van der Waals surface area contributed by atoms with Crippen molar-refractivity contribution in [1.29, 1.82) is 0 Å². The van der Waals surface area contributed by atoms with Gasteiger partial charge in [-0.1, -0.05) is 73.6 Å². The lowest BCUT2D eigenvalue weighted by Gasteiger charge is -2.30. The van der Waals surface area contributed by atoms with Crippen molar-refractivity contribution in [3.05, 3.63) is 71.3 Å². The van der Waals surface area contributed by atoms with Gasteiger partial charge in [-0.15, -0.1) is 0 Å². The first-order valence-electron chi connectivity index (χ1n) is 11.7. The number of aromatic nitrogens is 1. The van der Waals surface area contributed by atoms with Crippen LogP contribution in [0.5, 0.6) is 0 Å². The Labute approximate surface area is 196 Å². The summed E-state index contributed by atoms with van der Waals surface area (Å²) < 4.78 is 11.2. The van der Waals surface area contributed by atoms with Crippen molar-refractivity contribution in [2.75, 3.05) is 31.7 Å². The van der Waals surface area contributed by atoms with Gasteiger partial charge in [-0.2, -0.15) is 0 Å². The molecule has 0 saturated heterocycles. The number of carbonyl (C=O) groups excluding carboxylic acids is 1. The van der Waals surface area contributed by atoms with E-state index < -0.39 is 0 Å². The van der Waals surface area contributed by atoms with Gasteiger partial charge in [0.05, 0.1) is 12.1 Å². The van der Waals surface area contributed by atoms with Gasteiger partial charge < -0.3 is 19.1 Å². The van der Waals surface area contributed by atoms with Crippen molar-refractivity contribution in [2.24, 2.45) is 5.92 Å². The van der Waals surface area contributed by atoms with E-state index in [0.29, 0.717) is 19.7 Å². The van der Waals surface area contributed by atoms with Gasteiger partial charge >= 0.3 is 0 Å². The molecule has 3 aromatic rings. The Morgan fingerprint density at radius 2 is 1.85 bits per heavy atom. The van der Waals surface area contributed by atoms with E-state index in [1.807, 2.05) is 49.1 Å². The molecule has 0 radical (unpaired) electrons. The Balaban J connectivity index is 1.69. The zero-order valence-corrected chi connectivity index (χ0v) is 19.8. The second-order valence-corrected chi connectivity index (χ2v) is 8.88. The van der Waals surface area contributed by atoms with Crippen LogP contribution in [-0.2, 0) is 29.0 Å². The molecule has 0 atom stereocenters. The van der Waals surface area contributed by atoms with Crippen LogP contribution in [-0.4, -0.2) is 42.8 Å². The van der Waals surface area contributed by atoms with E-state index in [1.165, 1.54) is 11.1 Å². The van der Waals surface area contributed by atoms with Crippen LogP contribution in [0.2, 0.25) is 0 Å². The second-order valence-electron chi connectivity index (χ2n) is 8.88. The van der Waals surface area contributed by atoms with Gasteiger partial charge in [0.15, 0.2) is 0 Å². The molecule has 0 unspecified atom stereocenters. The molecule has 1 amide bonds. The summed E-state index contributed by atoms with van der Waals surface area (Å²) in [5.41, 5.74) is 5.45. The second kappa shape index (κ2) is 10.7. The lowest BCUT2D eigenvalue weighted by molar-refractivity contribution is -0.135. The molecule has 2 aromatic carbocycles. The first kappa shape index (κ1) is 23.1. The number of fused-ring (bicyclic) bond motifs is 1. The summed E-state index contributed by atoms with van der Waals surface area (Å²) in [4.78, 5) is 17.3. The number of hydrogen-bond donors (Lipinski definition) is 0. The number of hydrogen-bond acceptors (Lipinski definition) is 5. The minimum absolute atomic E-state index is 0.0853. The fourth-order valence-corrected chi connectivity index (χ4v) is 4.41. The Hall–Kier alpha value is -3.12. The Kier molecular flexibility index (Phi) is 7.45. The maximum atomic E-state index is 13.1. The number of amides is 1. The molecule has 33 heavy (non-hydrogen) atoms. The molecule has 0 N–H and O–H groups in total. The smallest absolute Gasteiger partial charge is 0.233 e. The maximum Gasteiger partial charge on any atom is 0.233 e. The minimum Gasteiger partial charge on any atom is -0.385 e. The van der Waals surface area contributed by atoms with E-state index in [-0.39, 0.29) is 11.8 Å². The van der Waals surface area contributed by atoms with Crippen molar-refractivity contribution in [1.82, 2.24) is 10.1 Å². The average molecular weight is 448 g/mol. The third-order valence-electron chi connectivity index (χ3n) is 6.16. The molecule has 4 rings (SSSR count). The van der Waals surface area contributed by atoms with Crippen LogP contribution < -0.4 is 4.90 Å². The Bertz CT molecular complexity index is 1060. The number of anilines is 1. The summed E-state index contributed by atoms with van der Waals surface area (Å²) in [5.74, 6) is 0.802. The summed E-state index contributed by atoms with van der Waals surface area (Å²) in [6.07, 6.45) is 1.74. The van der Waals surface area contributed by atoms with E-state index in [4.69, 9.17) is 9.26 Å². The molecule has 1 aliphatic heterocycles. The highest BCUT2D eigenvalue weighted by Gasteiger charge is 2.28. The molecule has 6 nitrogen and oxygen atoms in total. The van der Waals surface area contributed by atoms with Gasteiger partial charge in [0.1, 0.15) is 5.69 Å². The van der Waals surface area contributed by atoms with Crippen molar-refractivity contribution in [3.63, 3.8) is 0 Å². The monoisotopic (exact) mass is 447 g/mol. The average Bonchev–Trinajstić information content (AvgIpc) is 3.26. The topological polar surface area (TPSA) is 58.8 Å². The number of carbonyl (C=O) groups is 1. The van der Waals surface area contributed by atoms with Gasteiger partial charge in [-0.25, -0.2) is 0 Å². The van der Waals surface area contributed by atoms with E-state index in [9.17, 15) is 4.79 Å². The largest absolute Gasteiger partial charge is 0.385 e. The molecule has 0 fully saturated rings. The normalized spacial score (nSPS) is 13.3. The van der Waals surface area contributed by atoms with Crippen molar-refractivity contribution < 1.29 is 14.1 Å². The highest BCUT2D eigenvalue weighted by molar-refractivity contribution is 5.79. The summed E-state index contributed by atoms with van der Waals surface area (Å²) in [6.45, 7) is 7.23. The van der Waals surface area contributed by atoms with Crippen LogP contribution in [0.15, 0.2) is 59.1 Å². The van der Waals surface area contributed by atoms with E-state index in [0.717, 1.165) is 48.6 Å². The van der Waals surface area contributed by atoms with Gasteiger partial charge in [0.2, 0.25) is 11.8 Å². The summed E-state index contributed by atoms with van der Waals surface area (Å²) in [6, 6.07) is 18.6. The highest BCUT2D eigenvalue weighted by atomic mass is 16.5. The van der Waals surface area contributed by atoms with Crippen LogP contribution in [0.1, 0.15) is 37.0 Å². The predicted molar refractivity (Wildman–Crippen MR) is 130 cm³/mol. The van der Waals surface area contributed by atoms with Crippen molar-refractivity contribution in [3.8, 4) is 11.3 Å². The number of methoxy groups -OCH3 is 1. The molecule has 0 spiro atoms. The maximum absolute atomic E-state index is 13.1. The first-order chi connectivity index (χ1) is 16.1. The zero-order chi connectivity index (χ0) is 23.2. The molecule has 1 aliphatic rings. The van der Waals surface area contributed by atoms with E-state index in [1.54, 1.807) is 7.11 Å². The molecular formula is C27H33N3O3. The molecule has 6 heteroatoms. The number of ether oxygens (including phenoxy) is 1. The van der Waals surface area contributed by atoms with Crippen molar-refractivity contribution in [2.45, 2.75) is 39.8 Å². The quantitative estimate of drug-likeness (QED) is 0.436. The molecule has 0 saturated carbocycles. The Morgan fingerprint density at radius 1 is 1.12 bits per heavy atom. The molecule has 174 valence electrons. The number of rotatable bonds is 9. The lowest BCUT2D eigenvalue weighted by Crippen LogP contribution is -2.36. The zero-order valence-electron chi connectivity index (χ0n) is 19.8. The minimum atomic E-state index is -0.0853. The summed E-state index contributed by atoms with van der Waals surface area (Å²) >= 11 is 0. The summed E-state index contributed by atoms with van der Waals surface area (Å²) in [7, 11) is 1.69. The van der Waals surface area contributed by atoms with Crippen LogP contribution in [0.25, 0.3) is 11.3 Å². The fourth-order valence-electron chi connectivity index (χ4n) is 4.41. The van der Waals surface area contributed by atoms with Crippen LogP contribution in [0, 0.1) is 5.92 Å². The lowest BCUT2D eigenvalue weighted by atomic mass is 9.99. The molecular weight excluding hydrogens is 414 g/mol. The molecule has 2 heterocycles. The summed E-state index contributed by atoms with van der Waals surface area (Å²) in [5, 5.41) is 4.49. The van der Waals surface area contributed by atoms with Gasteiger partial charge in [-0.3, -0.25) is 4.79 Å². The highest BCUT2D eigenvalue weighted by Crippen LogP contribution is 2.35. The number of benzene rings is 2. The van der Waals surface area contributed by atoms with Crippen LogP contribution in [0.3, 0.4) is 0 Å². The molecule has 0 aliphatic carbocycles. The Morgan fingerprint density at radius 3 is 2.58 bits per heavy atom. The van der Waals surface area contributed by atoms with Crippen LogP contribution in [0.4, 0.5) is 5.88 Å². The van der Waals surface area contributed by atoms with Gasteiger partial charge in [0.25, 0.3) is 0 Å². The molecule has 1 aromatic heterocycles.